The van der Waals surface area contributed by atoms with Gasteiger partial charge >= 0.3 is 6.09 Å². The molecule has 3 aromatic rings. The Hall–Kier alpha value is -3.35. The number of amides is 2. The van der Waals surface area contributed by atoms with Crippen LogP contribution >= 0.6 is 0 Å². The molecular formula is C22H26N4O3. The van der Waals surface area contributed by atoms with Crippen molar-refractivity contribution >= 4 is 23.0 Å². The van der Waals surface area contributed by atoms with Gasteiger partial charge in [-0.15, -0.1) is 0 Å². The molecule has 0 aliphatic carbocycles. The van der Waals surface area contributed by atoms with Gasteiger partial charge in [-0.2, -0.15) is 0 Å². The van der Waals surface area contributed by atoms with Crippen LogP contribution in [0.3, 0.4) is 0 Å². The summed E-state index contributed by atoms with van der Waals surface area (Å²) in [7, 11) is 1.74. The lowest BCUT2D eigenvalue weighted by Gasteiger charge is -2.19. The smallest absolute Gasteiger partial charge is 0.407 e. The zero-order valence-corrected chi connectivity index (χ0v) is 17.2. The summed E-state index contributed by atoms with van der Waals surface area (Å²) < 4.78 is 5.21. The van der Waals surface area contributed by atoms with E-state index >= 15 is 0 Å². The molecule has 2 N–H and O–H groups in total. The summed E-state index contributed by atoms with van der Waals surface area (Å²) in [6.45, 7) is 6.16. The van der Waals surface area contributed by atoms with E-state index < -0.39 is 11.7 Å². The summed E-state index contributed by atoms with van der Waals surface area (Å²) in [6, 6.07) is 14.9. The number of carbonyl (C=O) groups excluding carboxylic acids is 2. The van der Waals surface area contributed by atoms with Gasteiger partial charge in [-0.05, 0) is 50.6 Å². The van der Waals surface area contributed by atoms with E-state index in [2.05, 4.69) is 15.3 Å². The van der Waals surface area contributed by atoms with Gasteiger partial charge in [0.1, 0.15) is 11.4 Å². The lowest BCUT2D eigenvalue weighted by atomic mass is 10.1. The molecule has 1 aromatic heterocycles. The van der Waals surface area contributed by atoms with Gasteiger partial charge in [0, 0.05) is 19.2 Å². The summed E-state index contributed by atoms with van der Waals surface area (Å²) in [4.78, 5) is 33.8. The van der Waals surface area contributed by atoms with Crippen molar-refractivity contribution in [1.82, 2.24) is 20.2 Å². The lowest BCUT2D eigenvalue weighted by Crippen LogP contribution is -2.32. The van der Waals surface area contributed by atoms with Gasteiger partial charge in [0.05, 0.1) is 17.6 Å². The number of aromatic amines is 1. The third kappa shape index (κ3) is 5.57. The van der Waals surface area contributed by atoms with Gasteiger partial charge in [-0.3, -0.25) is 4.79 Å². The van der Waals surface area contributed by atoms with E-state index in [1.54, 1.807) is 24.1 Å². The molecule has 0 bridgehead atoms. The quantitative estimate of drug-likeness (QED) is 0.688. The molecule has 0 atom stereocenters. The van der Waals surface area contributed by atoms with Crippen molar-refractivity contribution in [2.75, 3.05) is 7.05 Å². The van der Waals surface area contributed by atoms with Crippen molar-refractivity contribution < 1.29 is 14.3 Å². The Morgan fingerprint density at radius 3 is 2.45 bits per heavy atom. The zero-order valence-electron chi connectivity index (χ0n) is 17.2. The van der Waals surface area contributed by atoms with Crippen molar-refractivity contribution in [2.45, 2.75) is 39.5 Å². The van der Waals surface area contributed by atoms with Gasteiger partial charge in [0.2, 0.25) is 0 Å². The molecule has 0 aliphatic heterocycles. The predicted octanol–water partition coefficient (Wildman–Crippen LogP) is 3.86. The molecule has 0 spiro atoms. The Labute approximate surface area is 170 Å². The van der Waals surface area contributed by atoms with E-state index in [0.29, 0.717) is 18.7 Å². The number of carbonyl (C=O) groups is 2. The van der Waals surface area contributed by atoms with Crippen LogP contribution in [-0.4, -0.2) is 39.5 Å². The van der Waals surface area contributed by atoms with Crippen LogP contribution in [0.15, 0.2) is 48.5 Å². The molecular weight excluding hydrogens is 368 g/mol. The molecule has 0 aliphatic rings. The van der Waals surface area contributed by atoms with E-state index in [4.69, 9.17) is 4.74 Å². The highest BCUT2D eigenvalue weighted by Gasteiger charge is 2.16. The number of hydrogen-bond acceptors (Lipinski definition) is 4. The first kappa shape index (κ1) is 20.4. The number of para-hydroxylation sites is 2. The van der Waals surface area contributed by atoms with Gasteiger partial charge < -0.3 is 19.9 Å². The number of alkyl carbamates (subject to hydrolysis) is 1. The van der Waals surface area contributed by atoms with Crippen molar-refractivity contribution in [3.05, 3.63) is 65.5 Å². The Morgan fingerprint density at radius 2 is 1.79 bits per heavy atom. The van der Waals surface area contributed by atoms with Crippen LogP contribution in [0.4, 0.5) is 4.79 Å². The van der Waals surface area contributed by atoms with Crippen LogP contribution in [0, 0.1) is 0 Å². The van der Waals surface area contributed by atoms with Crippen molar-refractivity contribution in [3.8, 4) is 0 Å². The molecule has 0 fully saturated rings. The van der Waals surface area contributed by atoms with E-state index in [1.165, 1.54) is 0 Å². The van der Waals surface area contributed by atoms with E-state index in [1.807, 2.05) is 57.2 Å². The number of hydrogen-bond donors (Lipinski definition) is 2. The van der Waals surface area contributed by atoms with Crippen LogP contribution in [0.5, 0.6) is 0 Å². The fraction of sp³-hybridized carbons (Fsp3) is 0.318. The van der Waals surface area contributed by atoms with Crippen LogP contribution in [0.1, 0.15) is 42.5 Å². The Morgan fingerprint density at radius 1 is 1.10 bits per heavy atom. The zero-order chi connectivity index (χ0) is 21.0. The van der Waals surface area contributed by atoms with E-state index in [-0.39, 0.29) is 5.91 Å². The van der Waals surface area contributed by atoms with Gasteiger partial charge in [0.25, 0.3) is 5.91 Å². The maximum Gasteiger partial charge on any atom is 0.407 e. The predicted molar refractivity (Wildman–Crippen MR) is 111 cm³/mol. The number of imidazole rings is 1. The minimum Gasteiger partial charge on any atom is -0.444 e. The normalized spacial score (nSPS) is 11.3. The summed E-state index contributed by atoms with van der Waals surface area (Å²) in [5, 5.41) is 2.70. The molecule has 0 radical (unpaired) electrons. The molecule has 7 nitrogen and oxygen atoms in total. The fourth-order valence-electron chi connectivity index (χ4n) is 2.85. The highest BCUT2D eigenvalue weighted by atomic mass is 16.6. The van der Waals surface area contributed by atoms with Gasteiger partial charge in [-0.25, -0.2) is 9.78 Å². The molecule has 0 unspecified atom stereocenters. The Kier molecular flexibility index (Phi) is 5.87. The first-order valence-electron chi connectivity index (χ1n) is 9.46. The van der Waals surface area contributed by atoms with Crippen LogP contribution in [-0.2, 0) is 17.8 Å². The second kappa shape index (κ2) is 8.34. The number of aromatic nitrogens is 2. The minimum atomic E-state index is -0.537. The van der Waals surface area contributed by atoms with Crippen LogP contribution in [0.2, 0.25) is 0 Å². The Balaban J connectivity index is 1.57. The average molecular weight is 394 g/mol. The largest absolute Gasteiger partial charge is 0.444 e. The van der Waals surface area contributed by atoms with E-state index in [0.717, 1.165) is 22.4 Å². The maximum atomic E-state index is 12.7. The molecule has 2 amide bonds. The molecule has 29 heavy (non-hydrogen) atoms. The van der Waals surface area contributed by atoms with Crippen molar-refractivity contribution in [1.29, 1.82) is 0 Å². The first-order chi connectivity index (χ1) is 13.7. The summed E-state index contributed by atoms with van der Waals surface area (Å²) >= 11 is 0. The second-order valence-corrected chi connectivity index (χ2v) is 7.91. The average Bonchev–Trinajstić information content (AvgIpc) is 3.07. The summed E-state index contributed by atoms with van der Waals surface area (Å²) in [5.74, 6) is 0.636. The van der Waals surface area contributed by atoms with Crippen molar-refractivity contribution in [2.24, 2.45) is 0 Å². The van der Waals surface area contributed by atoms with Crippen LogP contribution in [0.25, 0.3) is 11.0 Å². The number of rotatable bonds is 5. The summed E-state index contributed by atoms with van der Waals surface area (Å²) in [5.41, 5.74) is 2.75. The highest BCUT2D eigenvalue weighted by molar-refractivity contribution is 5.94. The molecule has 7 heteroatoms. The van der Waals surface area contributed by atoms with E-state index in [9.17, 15) is 9.59 Å². The first-order valence-corrected chi connectivity index (χ1v) is 9.46. The SMILES string of the molecule is CN(Cc1nc2ccccc2[nH]1)C(=O)c1ccc(CNC(=O)OC(C)(C)C)cc1. The maximum absolute atomic E-state index is 12.7. The third-order valence-electron chi connectivity index (χ3n) is 4.21. The number of H-pyrrole nitrogens is 1. The number of fused-ring (bicyclic) bond motifs is 1. The number of benzene rings is 2. The lowest BCUT2D eigenvalue weighted by molar-refractivity contribution is 0.0523. The van der Waals surface area contributed by atoms with Crippen molar-refractivity contribution in [3.63, 3.8) is 0 Å². The number of ether oxygens (including phenoxy) is 1. The molecule has 0 saturated heterocycles. The highest BCUT2D eigenvalue weighted by Crippen LogP contribution is 2.13. The van der Waals surface area contributed by atoms with Crippen LogP contribution < -0.4 is 5.32 Å². The summed E-state index contributed by atoms with van der Waals surface area (Å²) in [6.07, 6.45) is -0.469. The minimum absolute atomic E-state index is 0.0999. The Bertz CT molecular complexity index is 970. The topological polar surface area (TPSA) is 87.3 Å². The molecule has 152 valence electrons. The van der Waals surface area contributed by atoms with Gasteiger partial charge in [-0.1, -0.05) is 24.3 Å². The fourth-order valence-corrected chi connectivity index (χ4v) is 2.85. The number of nitrogens with one attached hydrogen (secondary N) is 2. The number of nitrogens with zero attached hydrogens (tertiary/aromatic N) is 2. The molecule has 3 rings (SSSR count). The molecule has 0 saturated carbocycles. The monoisotopic (exact) mass is 394 g/mol. The van der Waals surface area contributed by atoms with Gasteiger partial charge in [0.15, 0.2) is 0 Å². The molecule has 2 aromatic carbocycles. The second-order valence-electron chi connectivity index (χ2n) is 7.91. The standard InChI is InChI=1S/C22H26N4O3/c1-22(2,3)29-21(28)23-13-15-9-11-16(12-10-15)20(27)26(4)14-19-24-17-7-5-6-8-18(17)25-19/h5-12H,13-14H2,1-4H3,(H,23,28)(H,24,25). The molecule has 1 heterocycles. The third-order valence-corrected chi connectivity index (χ3v) is 4.21.